The number of rotatable bonds is 3. The highest BCUT2D eigenvalue weighted by Gasteiger charge is 2.41. The van der Waals surface area contributed by atoms with E-state index in [4.69, 9.17) is 4.74 Å². The molecular formula is C14H23NO3. The van der Waals surface area contributed by atoms with Crippen LogP contribution < -0.4 is 0 Å². The first-order chi connectivity index (χ1) is 8.50. The van der Waals surface area contributed by atoms with Gasteiger partial charge in [-0.25, -0.2) is 0 Å². The molecule has 0 spiro atoms. The Morgan fingerprint density at radius 2 is 1.72 bits per heavy atom. The molecule has 1 amide bonds. The average molecular weight is 253 g/mol. The molecule has 2 fully saturated rings. The second kappa shape index (κ2) is 5.29. The van der Waals surface area contributed by atoms with Crippen LogP contribution in [-0.2, 0) is 14.3 Å². The van der Waals surface area contributed by atoms with Crippen LogP contribution in [-0.4, -0.2) is 35.5 Å². The number of hydrogen-bond acceptors (Lipinski definition) is 3. The van der Waals surface area contributed by atoms with Crippen molar-refractivity contribution in [2.24, 2.45) is 11.8 Å². The molecule has 1 heterocycles. The molecule has 0 radical (unpaired) electrons. The first kappa shape index (κ1) is 13.4. The fourth-order valence-corrected chi connectivity index (χ4v) is 2.88. The van der Waals surface area contributed by atoms with E-state index in [2.05, 4.69) is 13.8 Å². The summed E-state index contributed by atoms with van der Waals surface area (Å²) in [5.41, 5.74) is 0. The molecular weight excluding hydrogens is 230 g/mol. The Morgan fingerprint density at radius 1 is 1.17 bits per heavy atom. The monoisotopic (exact) mass is 253 g/mol. The largest absolute Gasteiger partial charge is 0.455 e. The molecule has 1 saturated carbocycles. The highest BCUT2D eigenvalue weighted by atomic mass is 16.5. The number of hydrogen-bond donors (Lipinski definition) is 0. The number of likely N-dealkylation sites (tertiary alicyclic amines) is 1. The van der Waals surface area contributed by atoms with Crippen LogP contribution >= 0.6 is 0 Å². The standard InChI is InChI=1S/C14H23NO3/c1-9-7-12(9)14(17)18-8-13(16)15-10(2)5-4-6-11(15)3/h9-12H,4-8H2,1-3H3. The maximum absolute atomic E-state index is 12.1. The summed E-state index contributed by atoms with van der Waals surface area (Å²) in [4.78, 5) is 25.6. The molecule has 2 rings (SSSR count). The number of piperidine rings is 1. The van der Waals surface area contributed by atoms with Gasteiger partial charge in [-0.15, -0.1) is 0 Å². The zero-order valence-electron chi connectivity index (χ0n) is 11.5. The second-order valence-corrected chi connectivity index (χ2v) is 5.86. The van der Waals surface area contributed by atoms with Crippen molar-refractivity contribution in [3.8, 4) is 0 Å². The van der Waals surface area contributed by atoms with Crippen molar-refractivity contribution in [3.63, 3.8) is 0 Å². The van der Waals surface area contributed by atoms with Gasteiger partial charge in [0.05, 0.1) is 5.92 Å². The second-order valence-electron chi connectivity index (χ2n) is 5.86. The highest BCUT2D eigenvalue weighted by molar-refractivity contribution is 5.82. The van der Waals surface area contributed by atoms with Gasteiger partial charge in [0.15, 0.2) is 6.61 Å². The fourth-order valence-electron chi connectivity index (χ4n) is 2.88. The Hall–Kier alpha value is -1.06. The lowest BCUT2D eigenvalue weighted by Crippen LogP contribution is -2.49. The first-order valence-corrected chi connectivity index (χ1v) is 6.98. The molecule has 0 aromatic rings. The molecule has 0 N–H and O–H groups in total. The van der Waals surface area contributed by atoms with Gasteiger partial charge in [-0.05, 0) is 45.4 Å². The third-order valence-corrected chi connectivity index (χ3v) is 4.23. The predicted molar refractivity (Wildman–Crippen MR) is 67.9 cm³/mol. The van der Waals surface area contributed by atoms with Gasteiger partial charge >= 0.3 is 5.97 Å². The third kappa shape index (κ3) is 2.85. The van der Waals surface area contributed by atoms with Crippen LogP contribution in [0.1, 0.15) is 46.5 Å². The summed E-state index contributed by atoms with van der Waals surface area (Å²) in [7, 11) is 0. The van der Waals surface area contributed by atoms with Crippen molar-refractivity contribution >= 4 is 11.9 Å². The molecule has 1 aliphatic carbocycles. The Morgan fingerprint density at radius 3 is 2.22 bits per heavy atom. The lowest BCUT2D eigenvalue weighted by Gasteiger charge is -2.38. The van der Waals surface area contributed by atoms with Crippen LogP contribution in [0.15, 0.2) is 0 Å². The summed E-state index contributed by atoms with van der Waals surface area (Å²) < 4.78 is 5.12. The number of esters is 1. The molecule has 4 heteroatoms. The number of carbonyl (C=O) groups excluding carboxylic acids is 2. The van der Waals surface area contributed by atoms with E-state index >= 15 is 0 Å². The van der Waals surface area contributed by atoms with Crippen LogP contribution in [0.25, 0.3) is 0 Å². The molecule has 18 heavy (non-hydrogen) atoms. The predicted octanol–water partition coefficient (Wildman–Crippen LogP) is 1.98. The normalized spacial score (nSPS) is 35.2. The summed E-state index contributed by atoms with van der Waals surface area (Å²) in [6, 6.07) is 0.527. The Bertz CT molecular complexity index is 332. The van der Waals surface area contributed by atoms with Crippen molar-refractivity contribution < 1.29 is 14.3 Å². The minimum atomic E-state index is -0.201. The van der Waals surface area contributed by atoms with E-state index in [1.54, 1.807) is 0 Å². The van der Waals surface area contributed by atoms with E-state index in [0.29, 0.717) is 5.92 Å². The number of amides is 1. The molecule has 0 aromatic carbocycles. The van der Waals surface area contributed by atoms with Gasteiger partial charge in [0, 0.05) is 12.1 Å². The summed E-state index contributed by atoms with van der Waals surface area (Å²) in [5, 5.41) is 0. The average Bonchev–Trinajstić information content (AvgIpc) is 3.03. The van der Waals surface area contributed by atoms with E-state index in [0.717, 1.165) is 19.3 Å². The third-order valence-electron chi connectivity index (χ3n) is 4.23. The van der Waals surface area contributed by atoms with Crippen molar-refractivity contribution in [3.05, 3.63) is 0 Å². The number of ether oxygens (including phenoxy) is 1. The van der Waals surface area contributed by atoms with Crippen LogP contribution in [0.3, 0.4) is 0 Å². The number of nitrogens with zero attached hydrogens (tertiary/aromatic N) is 1. The van der Waals surface area contributed by atoms with Crippen LogP contribution in [0.2, 0.25) is 0 Å². The summed E-state index contributed by atoms with van der Waals surface area (Å²) in [6.07, 6.45) is 4.17. The van der Waals surface area contributed by atoms with Gasteiger partial charge in [0.25, 0.3) is 5.91 Å². The van der Waals surface area contributed by atoms with Gasteiger partial charge in [-0.1, -0.05) is 6.92 Å². The lowest BCUT2D eigenvalue weighted by atomic mass is 9.97. The van der Waals surface area contributed by atoms with Crippen LogP contribution in [0, 0.1) is 11.8 Å². The topological polar surface area (TPSA) is 46.6 Å². The maximum atomic E-state index is 12.1. The van der Waals surface area contributed by atoms with Gasteiger partial charge in [-0.2, -0.15) is 0 Å². The quantitative estimate of drug-likeness (QED) is 0.722. The Labute approximate surface area is 109 Å². The molecule has 0 aromatic heterocycles. The summed E-state index contributed by atoms with van der Waals surface area (Å²) in [5.74, 6) is 0.221. The summed E-state index contributed by atoms with van der Waals surface area (Å²) in [6.45, 7) is 6.08. The van der Waals surface area contributed by atoms with Gasteiger partial charge in [0.2, 0.25) is 0 Å². The zero-order chi connectivity index (χ0) is 13.3. The van der Waals surface area contributed by atoms with Crippen molar-refractivity contribution in [2.45, 2.75) is 58.5 Å². The molecule has 1 aliphatic heterocycles. The minimum absolute atomic E-state index is 0.0361. The van der Waals surface area contributed by atoms with Crippen molar-refractivity contribution in [1.29, 1.82) is 0 Å². The number of carbonyl (C=O) groups is 2. The molecule has 4 unspecified atom stereocenters. The zero-order valence-corrected chi connectivity index (χ0v) is 11.5. The van der Waals surface area contributed by atoms with Gasteiger partial charge in [0.1, 0.15) is 0 Å². The minimum Gasteiger partial charge on any atom is -0.455 e. The summed E-state index contributed by atoms with van der Waals surface area (Å²) >= 11 is 0. The van der Waals surface area contributed by atoms with Crippen LogP contribution in [0.5, 0.6) is 0 Å². The van der Waals surface area contributed by atoms with Crippen molar-refractivity contribution in [2.75, 3.05) is 6.61 Å². The molecule has 0 bridgehead atoms. The molecule has 1 saturated heterocycles. The van der Waals surface area contributed by atoms with Crippen molar-refractivity contribution in [1.82, 2.24) is 4.90 Å². The van der Waals surface area contributed by atoms with E-state index < -0.39 is 0 Å². The maximum Gasteiger partial charge on any atom is 0.309 e. The first-order valence-electron chi connectivity index (χ1n) is 6.98. The fraction of sp³-hybridized carbons (Fsp3) is 0.857. The Balaban J connectivity index is 1.81. The Kier molecular flexibility index (Phi) is 3.93. The molecule has 4 nitrogen and oxygen atoms in total. The lowest BCUT2D eigenvalue weighted by molar-refractivity contribution is -0.156. The SMILES string of the molecule is CC1CC1C(=O)OCC(=O)N1C(C)CCCC1C. The van der Waals surface area contributed by atoms with E-state index in [1.807, 2.05) is 11.8 Å². The highest BCUT2D eigenvalue weighted by Crippen LogP contribution is 2.38. The van der Waals surface area contributed by atoms with E-state index in [9.17, 15) is 9.59 Å². The van der Waals surface area contributed by atoms with E-state index in [1.165, 1.54) is 6.42 Å². The molecule has 102 valence electrons. The van der Waals surface area contributed by atoms with Gasteiger partial charge in [-0.3, -0.25) is 9.59 Å². The van der Waals surface area contributed by atoms with Crippen LogP contribution in [0.4, 0.5) is 0 Å². The smallest absolute Gasteiger partial charge is 0.309 e. The van der Waals surface area contributed by atoms with E-state index in [-0.39, 0.29) is 36.5 Å². The van der Waals surface area contributed by atoms with Gasteiger partial charge < -0.3 is 9.64 Å². The molecule has 4 atom stereocenters. The molecule has 2 aliphatic rings.